The Labute approximate surface area is 166 Å². The van der Waals surface area contributed by atoms with E-state index in [-0.39, 0.29) is 17.7 Å². The van der Waals surface area contributed by atoms with Gasteiger partial charge in [0.2, 0.25) is 5.91 Å². The Kier molecular flexibility index (Phi) is 4.27. The van der Waals surface area contributed by atoms with Crippen LogP contribution in [0, 0.1) is 11.8 Å². The molecule has 2 heteroatoms. The maximum atomic E-state index is 13.6. The van der Waals surface area contributed by atoms with Crippen LogP contribution >= 0.6 is 0 Å². The van der Waals surface area contributed by atoms with Crippen molar-refractivity contribution >= 4 is 11.6 Å². The van der Waals surface area contributed by atoms with E-state index >= 15 is 0 Å². The number of amides is 1. The fourth-order valence-corrected chi connectivity index (χ4v) is 5.56. The van der Waals surface area contributed by atoms with Crippen LogP contribution in [0.2, 0.25) is 0 Å². The normalized spacial score (nSPS) is 24.3. The molecule has 3 aromatic rings. The number of benzene rings is 3. The molecular formula is C26H25NO. The Morgan fingerprint density at radius 1 is 0.750 bits per heavy atom. The minimum Gasteiger partial charge on any atom is -0.326 e. The van der Waals surface area contributed by atoms with Gasteiger partial charge in [0.05, 0.1) is 5.92 Å². The number of rotatable bonds is 4. The van der Waals surface area contributed by atoms with Crippen molar-refractivity contribution in [2.24, 2.45) is 11.8 Å². The Morgan fingerprint density at radius 3 is 1.79 bits per heavy atom. The van der Waals surface area contributed by atoms with Gasteiger partial charge in [-0.3, -0.25) is 4.79 Å². The molecule has 2 bridgehead atoms. The minimum absolute atomic E-state index is 0.0324. The zero-order chi connectivity index (χ0) is 19.1. The topological polar surface area (TPSA) is 29.1 Å². The van der Waals surface area contributed by atoms with Gasteiger partial charge in [-0.1, -0.05) is 80.1 Å². The van der Waals surface area contributed by atoms with E-state index in [0.717, 1.165) is 18.5 Å². The molecule has 0 unspecified atom stereocenters. The van der Waals surface area contributed by atoms with Gasteiger partial charge in [0, 0.05) is 17.5 Å². The monoisotopic (exact) mass is 367 g/mol. The highest BCUT2D eigenvalue weighted by Crippen LogP contribution is 2.59. The van der Waals surface area contributed by atoms with Crippen molar-refractivity contribution in [1.29, 1.82) is 0 Å². The second kappa shape index (κ2) is 6.94. The van der Waals surface area contributed by atoms with Crippen LogP contribution in [-0.2, 0) is 4.79 Å². The van der Waals surface area contributed by atoms with Crippen LogP contribution < -0.4 is 5.32 Å². The fraction of sp³-hybridized carbons (Fsp3) is 0.269. The van der Waals surface area contributed by atoms with E-state index in [0.29, 0.717) is 11.8 Å². The molecule has 3 aromatic carbocycles. The summed E-state index contributed by atoms with van der Waals surface area (Å²) in [5, 5.41) is 3.21. The number of hydrogen-bond acceptors (Lipinski definition) is 1. The van der Waals surface area contributed by atoms with Gasteiger partial charge in [-0.05, 0) is 46.7 Å². The number of nitrogens with one attached hydrogen (secondary N) is 1. The summed E-state index contributed by atoms with van der Waals surface area (Å²) in [6.07, 6.45) is 2.16. The van der Waals surface area contributed by atoms with Crippen molar-refractivity contribution in [2.75, 3.05) is 5.32 Å². The summed E-state index contributed by atoms with van der Waals surface area (Å²) in [6, 6.07) is 27.4. The lowest BCUT2D eigenvalue weighted by Gasteiger charge is -2.50. The predicted molar refractivity (Wildman–Crippen MR) is 114 cm³/mol. The van der Waals surface area contributed by atoms with Gasteiger partial charge >= 0.3 is 0 Å². The van der Waals surface area contributed by atoms with Crippen molar-refractivity contribution in [3.05, 3.63) is 101 Å². The standard InChI is InChI=1S/C26H25NO/c1-2-10-22-23-18-13-6-8-15-20(18)24(21-16-9-7-14-19(21)23)25(22)26(28)27-17-11-4-3-5-12-17/h3-9,11-16,22-25H,2,10H2,1H3,(H,27,28)/t22-,23?,24?,25-/m0/s1. The molecule has 0 heterocycles. The lowest BCUT2D eigenvalue weighted by Crippen LogP contribution is -2.45. The molecule has 140 valence electrons. The van der Waals surface area contributed by atoms with Crippen molar-refractivity contribution < 1.29 is 4.79 Å². The molecule has 0 saturated carbocycles. The minimum atomic E-state index is -0.0324. The van der Waals surface area contributed by atoms with Crippen LogP contribution in [0.25, 0.3) is 0 Å². The van der Waals surface area contributed by atoms with Gasteiger partial charge in [-0.2, -0.15) is 0 Å². The molecule has 0 fully saturated rings. The number of para-hydroxylation sites is 1. The average molecular weight is 367 g/mol. The molecule has 2 nitrogen and oxygen atoms in total. The summed E-state index contributed by atoms with van der Waals surface area (Å²) < 4.78 is 0. The van der Waals surface area contributed by atoms with E-state index in [1.807, 2.05) is 30.3 Å². The summed E-state index contributed by atoms with van der Waals surface area (Å²) in [5.41, 5.74) is 6.41. The first kappa shape index (κ1) is 17.2. The SMILES string of the molecule is CCC[C@H]1C2c3ccccc3C(c3ccccc32)[C@H]1C(=O)Nc1ccccc1. The highest BCUT2D eigenvalue weighted by Gasteiger charge is 2.51. The predicted octanol–water partition coefficient (Wildman–Crippen LogP) is 5.95. The van der Waals surface area contributed by atoms with Crippen molar-refractivity contribution in [3.8, 4) is 0 Å². The number of carbonyl (C=O) groups is 1. The lowest BCUT2D eigenvalue weighted by molar-refractivity contribution is -0.123. The second-order valence-corrected chi connectivity index (χ2v) is 8.05. The van der Waals surface area contributed by atoms with Gasteiger partial charge in [-0.25, -0.2) is 0 Å². The van der Waals surface area contributed by atoms with E-state index < -0.39 is 0 Å². The first-order chi connectivity index (χ1) is 13.8. The Balaban J connectivity index is 1.64. The first-order valence-electron chi connectivity index (χ1n) is 10.3. The maximum Gasteiger partial charge on any atom is 0.228 e. The van der Waals surface area contributed by atoms with Gasteiger partial charge < -0.3 is 5.32 Å². The van der Waals surface area contributed by atoms with E-state index in [4.69, 9.17) is 0 Å². The van der Waals surface area contributed by atoms with E-state index in [9.17, 15) is 4.79 Å². The highest BCUT2D eigenvalue weighted by atomic mass is 16.1. The second-order valence-electron chi connectivity index (χ2n) is 8.05. The third-order valence-electron chi connectivity index (χ3n) is 6.55. The van der Waals surface area contributed by atoms with Gasteiger partial charge in [0.25, 0.3) is 0 Å². The van der Waals surface area contributed by atoms with E-state index in [2.05, 4.69) is 60.8 Å². The average Bonchev–Trinajstić information content (AvgIpc) is 2.74. The number of anilines is 1. The number of carbonyl (C=O) groups excluding carboxylic acids is 1. The summed E-state index contributed by atoms with van der Waals surface area (Å²) in [7, 11) is 0. The Hall–Kier alpha value is -2.87. The van der Waals surface area contributed by atoms with Gasteiger partial charge in [0.15, 0.2) is 0 Å². The van der Waals surface area contributed by atoms with Crippen molar-refractivity contribution in [2.45, 2.75) is 31.6 Å². The zero-order valence-electron chi connectivity index (χ0n) is 16.1. The van der Waals surface area contributed by atoms with E-state index in [1.54, 1.807) is 0 Å². The number of hydrogen-bond donors (Lipinski definition) is 1. The highest BCUT2D eigenvalue weighted by molar-refractivity contribution is 5.94. The third kappa shape index (κ3) is 2.59. The molecule has 0 saturated heterocycles. The smallest absolute Gasteiger partial charge is 0.228 e. The van der Waals surface area contributed by atoms with Crippen LogP contribution in [0.5, 0.6) is 0 Å². The molecule has 0 radical (unpaired) electrons. The third-order valence-corrected chi connectivity index (χ3v) is 6.55. The molecule has 1 N–H and O–H groups in total. The molecule has 0 aromatic heterocycles. The largest absolute Gasteiger partial charge is 0.326 e. The van der Waals surface area contributed by atoms with Crippen LogP contribution in [0.1, 0.15) is 53.9 Å². The van der Waals surface area contributed by atoms with Crippen LogP contribution in [0.4, 0.5) is 5.69 Å². The van der Waals surface area contributed by atoms with E-state index in [1.165, 1.54) is 22.3 Å². The Morgan fingerprint density at radius 2 is 1.25 bits per heavy atom. The summed E-state index contributed by atoms with van der Waals surface area (Å²) in [4.78, 5) is 13.6. The quantitative estimate of drug-likeness (QED) is 0.607. The summed E-state index contributed by atoms with van der Waals surface area (Å²) in [6.45, 7) is 2.23. The molecule has 2 atom stereocenters. The molecule has 3 aliphatic rings. The summed E-state index contributed by atoms with van der Waals surface area (Å²) >= 11 is 0. The molecule has 28 heavy (non-hydrogen) atoms. The lowest BCUT2D eigenvalue weighted by atomic mass is 9.53. The van der Waals surface area contributed by atoms with Gasteiger partial charge in [0.1, 0.15) is 0 Å². The Bertz CT molecular complexity index is 962. The molecular weight excluding hydrogens is 342 g/mol. The number of fused-ring (bicyclic) bond motifs is 1. The van der Waals surface area contributed by atoms with Crippen LogP contribution in [-0.4, -0.2) is 5.91 Å². The molecule has 1 amide bonds. The van der Waals surface area contributed by atoms with Crippen LogP contribution in [0.15, 0.2) is 78.9 Å². The van der Waals surface area contributed by atoms with Crippen molar-refractivity contribution in [3.63, 3.8) is 0 Å². The van der Waals surface area contributed by atoms with Gasteiger partial charge in [-0.15, -0.1) is 0 Å². The molecule has 6 rings (SSSR count). The zero-order valence-corrected chi connectivity index (χ0v) is 16.1. The fourth-order valence-electron chi connectivity index (χ4n) is 5.56. The maximum absolute atomic E-state index is 13.6. The molecule has 0 spiro atoms. The molecule has 3 aliphatic carbocycles. The summed E-state index contributed by atoms with van der Waals surface area (Å²) in [5.74, 6) is 0.906. The molecule has 0 aliphatic heterocycles. The van der Waals surface area contributed by atoms with Crippen LogP contribution in [0.3, 0.4) is 0 Å². The van der Waals surface area contributed by atoms with Crippen molar-refractivity contribution in [1.82, 2.24) is 0 Å². The first-order valence-corrected chi connectivity index (χ1v) is 10.3.